The summed E-state index contributed by atoms with van der Waals surface area (Å²) in [5.41, 5.74) is 9.71. The number of carbonyl (C=O) groups excluding carboxylic acids is 1. The molecule has 0 aliphatic carbocycles. The van der Waals surface area contributed by atoms with Crippen molar-refractivity contribution in [1.82, 2.24) is 4.98 Å². The number of amides is 1. The number of rotatable bonds is 4. The Hall–Kier alpha value is -1.90. The van der Waals surface area contributed by atoms with Crippen LogP contribution in [0, 0.1) is 6.92 Å². The van der Waals surface area contributed by atoms with Crippen molar-refractivity contribution in [2.75, 3.05) is 36.5 Å². The molecule has 2 heterocycles. The van der Waals surface area contributed by atoms with E-state index in [0.29, 0.717) is 0 Å². The van der Waals surface area contributed by atoms with E-state index in [1.54, 1.807) is 11.3 Å². The van der Waals surface area contributed by atoms with E-state index in [-0.39, 0.29) is 30.7 Å². The summed E-state index contributed by atoms with van der Waals surface area (Å²) in [6.45, 7) is 5.18. The number of nitrogens with zero attached hydrogens (tertiary/aromatic N) is 2. The smallest absolute Gasteiger partial charge is 0.245 e. The first-order valence-corrected chi connectivity index (χ1v) is 9.78. The second-order valence-corrected chi connectivity index (χ2v) is 7.67. The van der Waals surface area contributed by atoms with Crippen molar-refractivity contribution in [2.45, 2.75) is 13.0 Å². The zero-order chi connectivity index (χ0) is 18.8. The van der Waals surface area contributed by atoms with Crippen molar-refractivity contribution in [1.29, 1.82) is 0 Å². The van der Waals surface area contributed by atoms with Crippen LogP contribution < -0.4 is 16.0 Å². The maximum Gasteiger partial charge on any atom is 0.245 e. The Balaban J connectivity index is 0.00000150. The van der Waals surface area contributed by atoms with Gasteiger partial charge in [-0.2, -0.15) is 0 Å². The van der Waals surface area contributed by atoms with Gasteiger partial charge in [0.25, 0.3) is 0 Å². The topological polar surface area (TPSA) is 80.5 Å². The number of morpholine rings is 1. The molecule has 6 nitrogen and oxygen atoms in total. The number of nitrogens with one attached hydrogen (secondary N) is 1. The molecule has 4 rings (SSSR count). The maximum atomic E-state index is 12.5. The van der Waals surface area contributed by atoms with Crippen molar-refractivity contribution < 1.29 is 9.53 Å². The molecule has 29 heavy (non-hydrogen) atoms. The minimum absolute atomic E-state index is 0. The summed E-state index contributed by atoms with van der Waals surface area (Å²) in [4.78, 5) is 19.5. The Kier molecular flexibility index (Phi) is 8.24. The lowest BCUT2D eigenvalue weighted by atomic mass is 10.1. The van der Waals surface area contributed by atoms with Gasteiger partial charge < -0.3 is 20.7 Å². The lowest BCUT2D eigenvalue weighted by Gasteiger charge is -2.25. The molecule has 1 aromatic heterocycles. The molecule has 0 bridgehead atoms. The monoisotopic (exact) mass is 454 g/mol. The minimum atomic E-state index is -0.702. The molecule has 3 aromatic rings. The summed E-state index contributed by atoms with van der Waals surface area (Å²) in [7, 11) is 0. The third-order valence-electron chi connectivity index (χ3n) is 4.65. The van der Waals surface area contributed by atoms with Gasteiger partial charge in [-0.3, -0.25) is 4.79 Å². The molecule has 156 valence electrons. The van der Waals surface area contributed by atoms with Crippen LogP contribution in [0.3, 0.4) is 0 Å². The average Bonchev–Trinajstić information content (AvgIpc) is 3.12. The molecule has 0 spiro atoms. The predicted molar refractivity (Wildman–Crippen MR) is 124 cm³/mol. The van der Waals surface area contributed by atoms with Gasteiger partial charge in [-0.1, -0.05) is 41.2 Å². The van der Waals surface area contributed by atoms with E-state index >= 15 is 0 Å². The van der Waals surface area contributed by atoms with Gasteiger partial charge in [0.15, 0.2) is 5.13 Å². The van der Waals surface area contributed by atoms with E-state index in [2.05, 4.69) is 10.2 Å². The average molecular weight is 455 g/mol. The number of hydrogen-bond donors (Lipinski definition) is 2. The Labute approximate surface area is 186 Å². The fourth-order valence-corrected chi connectivity index (χ4v) is 4.08. The first-order valence-electron chi connectivity index (χ1n) is 8.96. The van der Waals surface area contributed by atoms with Crippen molar-refractivity contribution in [3.8, 4) is 0 Å². The Morgan fingerprint density at radius 3 is 2.55 bits per heavy atom. The van der Waals surface area contributed by atoms with Crippen molar-refractivity contribution >= 4 is 63.1 Å². The molecule has 0 radical (unpaired) electrons. The van der Waals surface area contributed by atoms with E-state index in [1.165, 1.54) is 0 Å². The number of nitrogens with two attached hydrogens (primary N) is 1. The van der Waals surface area contributed by atoms with Gasteiger partial charge in [-0.05, 0) is 30.7 Å². The third kappa shape index (κ3) is 5.38. The van der Waals surface area contributed by atoms with E-state index < -0.39 is 6.04 Å². The minimum Gasteiger partial charge on any atom is -0.378 e. The molecule has 1 fully saturated rings. The summed E-state index contributed by atoms with van der Waals surface area (Å²) >= 11 is 1.63. The molecule has 3 N–H and O–H groups in total. The first kappa shape index (κ1) is 23.4. The maximum absolute atomic E-state index is 12.5. The molecule has 2 aromatic carbocycles. The number of ether oxygens (including phenoxy) is 1. The summed E-state index contributed by atoms with van der Waals surface area (Å²) in [5.74, 6) is -0.226. The van der Waals surface area contributed by atoms with Crippen molar-refractivity contribution in [2.24, 2.45) is 5.73 Å². The molecule has 9 heteroatoms. The molecule has 1 amide bonds. The summed E-state index contributed by atoms with van der Waals surface area (Å²) in [5, 5.41) is 3.91. The number of aryl methyl sites for hydroxylation is 1. The van der Waals surface area contributed by atoms with Crippen LogP contribution in [0.5, 0.6) is 0 Å². The summed E-state index contributed by atoms with van der Waals surface area (Å²) in [6.07, 6.45) is 0. The summed E-state index contributed by atoms with van der Waals surface area (Å²) in [6, 6.07) is 12.7. The molecule has 1 aliphatic heterocycles. The molecule has 0 saturated carbocycles. The van der Waals surface area contributed by atoms with E-state index in [1.807, 2.05) is 49.4 Å². The van der Waals surface area contributed by atoms with Gasteiger partial charge in [0.1, 0.15) is 6.04 Å². The van der Waals surface area contributed by atoms with Crippen LogP contribution in [0.15, 0.2) is 42.5 Å². The lowest BCUT2D eigenvalue weighted by Crippen LogP contribution is -2.36. The zero-order valence-corrected chi connectivity index (χ0v) is 18.4. The van der Waals surface area contributed by atoms with Crippen molar-refractivity contribution in [3.05, 3.63) is 53.6 Å². The number of thiazole rings is 1. The number of fused-ring (bicyclic) bond motifs is 1. The lowest BCUT2D eigenvalue weighted by molar-refractivity contribution is -0.117. The highest BCUT2D eigenvalue weighted by atomic mass is 35.5. The SMILES string of the molecule is Cc1ccc(C(N)C(=O)Nc2ccc3nc(N4CCOCC4)sc3c2)cc1.Cl.Cl. The van der Waals surface area contributed by atoms with Gasteiger partial charge in [0, 0.05) is 18.8 Å². The quantitative estimate of drug-likeness (QED) is 0.624. The number of halogens is 2. The van der Waals surface area contributed by atoms with Gasteiger partial charge >= 0.3 is 0 Å². The number of aromatic nitrogens is 1. The standard InChI is InChI=1S/C20H22N4O2S.2ClH/c1-13-2-4-14(5-3-13)18(21)19(25)22-15-6-7-16-17(12-15)27-20(23-16)24-8-10-26-11-9-24;;/h2-7,12,18H,8-11,21H2,1H3,(H,22,25);2*1H. The van der Waals surface area contributed by atoms with Gasteiger partial charge in [-0.25, -0.2) is 4.98 Å². The number of carbonyl (C=O) groups is 1. The van der Waals surface area contributed by atoms with Crippen LogP contribution in [-0.2, 0) is 9.53 Å². The van der Waals surface area contributed by atoms with Crippen molar-refractivity contribution in [3.63, 3.8) is 0 Å². The van der Waals surface area contributed by atoms with Crippen LogP contribution >= 0.6 is 36.2 Å². The Bertz CT molecular complexity index is 959. The largest absolute Gasteiger partial charge is 0.378 e. The van der Waals surface area contributed by atoms with E-state index in [0.717, 1.165) is 58.5 Å². The van der Waals surface area contributed by atoms with Gasteiger partial charge in [0.2, 0.25) is 5.91 Å². The van der Waals surface area contributed by atoms with Crippen LogP contribution in [0.4, 0.5) is 10.8 Å². The third-order valence-corrected chi connectivity index (χ3v) is 5.72. The molecule has 1 atom stereocenters. The molecular formula is C20H24Cl2N4O2S. The molecule has 1 unspecified atom stereocenters. The normalized spacial score (nSPS) is 14.6. The molecule has 1 aliphatic rings. The zero-order valence-electron chi connectivity index (χ0n) is 16.0. The Morgan fingerprint density at radius 2 is 1.86 bits per heavy atom. The molecular weight excluding hydrogens is 431 g/mol. The second kappa shape index (κ2) is 10.2. The number of anilines is 2. The highest BCUT2D eigenvalue weighted by Gasteiger charge is 2.18. The second-order valence-electron chi connectivity index (χ2n) is 6.66. The number of hydrogen-bond acceptors (Lipinski definition) is 6. The predicted octanol–water partition coefficient (Wildman–Crippen LogP) is 3.92. The summed E-state index contributed by atoms with van der Waals surface area (Å²) < 4.78 is 6.44. The fourth-order valence-electron chi connectivity index (χ4n) is 3.03. The van der Waals surface area contributed by atoms with Crippen LogP contribution in [0.25, 0.3) is 10.2 Å². The van der Waals surface area contributed by atoms with Crippen LogP contribution in [0.2, 0.25) is 0 Å². The number of benzene rings is 2. The van der Waals surface area contributed by atoms with E-state index in [9.17, 15) is 4.79 Å². The highest BCUT2D eigenvalue weighted by Crippen LogP contribution is 2.31. The highest BCUT2D eigenvalue weighted by molar-refractivity contribution is 7.22. The van der Waals surface area contributed by atoms with Gasteiger partial charge in [-0.15, -0.1) is 24.8 Å². The Morgan fingerprint density at radius 1 is 1.17 bits per heavy atom. The van der Waals surface area contributed by atoms with Gasteiger partial charge in [0.05, 0.1) is 23.4 Å². The fraction of sp³-hybridized carbons (Fsp3) is 0.300. The first-order chi connectivity index (χ1) is 13.1. The van der Waals surface area contributed by atoms with Crippen LogP contribution in [-0.4, -0.2) is 37.2 Å². The van der Waals surface area contributed by atoms with Crippen LogP contribution in [0.1, 0.15) is 17.2 Å². The van der Waals surface area contributed by atoms with E-state index in [4.69, 9.17) is 15.5 Å². The molecule has 1 saturated heterocycles.